The van der Waals surface area contributed by atoms with Crippen LogP contribution >= 0.6 is 0 Å². The van der Waals surface area contributed by atoms with Gasteiger partial charge in [0.2, 0.25) is 5.91 Å². The van der Waals surface area contributed by atoms with Gasteiger partial charge in [-0.2, -0.15) is 0 Å². The second-order valence-corrected chi connectivity index (χ2v) is 4.24. The van der Waals surface area contributed by atoms with Gasteiger partial charge in [0.15, 0.2) is 0 Å². The lowest BCUT2D eigenvalue weighted by atomic mass is 10.2. The van der Waals surface area contributed by atoms with Gasteiger partial charge in [0.1, 0.15) is 5.82 Å². The van der Waals surface area contributed by atoms with Crippen molar-refractivity contribution in [1.29, 1.82) is 0 Å². The van der Waals surface area contributed by atoms with Gasteiger partial charge in [-0.1, -0.05) is 6.92 Å². The van der Waals surface area contributed by atoms with Gasteiger partial charge in [-0.25, -0.2) is 9.18 Å². The Morgan fingerprint density at radius 2 is 2.11 bits per heavy atom. The molecular formula is C13H17FN2O3. The van der Waals surface area contributed by atoms with Gasteiger partial charge in [-0.05, 0) is 31.5 Å². The van der Waals surface area contributed by atoms with Crippen LogP contribution in [0, 0.1) is 5.82 Å². The molecule has 19 heavy (non-hydrogen) atoms. The third-order valence-corrected chi connectivity index (χ3v) is 2.71. The molecule has 1 unspecified atom stereocenters. The molecule has 104 valence electrons. The first-order valence-electron chi connectivity index (χ1n) is 6.00. The highest BCUT2D eigenvalue weighted by Gasteiger charge is 2.11. The summed E-state index contributed by atoms with van der Waals surface area (Å²) in [7, 11) is 0. The average molecular weight is 268 g/mol. The zero-order chi connectivity index (χ0) is 14.4. The second kappa shape index (κ2) is 6.84. The van der Waals surface area contributed by atoms with Crippen molar-refractivity contribution in [1.82, 2.24) is 5.32 Å². The van der Waals surface area contributed by atoms with Crippen molar-refractivity contribution in [3.63, 3.8) is 0 Å². The minimum absolute atomic E-state index is 0.0269. The van der Waals surface area contributed by atoms with Crippen LogP contribution in [0.3, 0.4) is 0 Å². The summed E-state index contributed by atoms with van der Waals surface area (Å²) in [4.78, 5) is 22.2. The van der Waals surface area contributed by atoms with E-state index in [-0.39, 0.29) is 29.7 Å². The third kappa shape index (κ3) is 4.67. The molecule has 1 rings (SSSR count). The summed E-state index contributed by atoms with van der Waals surface area (Å²) in [6.07, 6.45) is 0.884. The van der Waals surface area contributed by atoms with Crippen LogP contribution in [-0.4, -0.2) is 29.6 Å². The van der Waals surface area contributed by atoms with Gasteiger partial charge in [0.05, 0.1) is 17.8 Å². The van der Waals surface area contributed by atoms with Gasteiger partial charge < -0.3 is 15.7 Å². The predicted octanol–water partition coefficient (Wildman–Crippen LogP) is 1.85. The Morgan fingerprint density at radius 1 is 1.42 bits per heavy atom. The topological polar surface area (TPSA) is 78.4 Å². The number of carboxylic acids is 1. The van der Waals surface area contributed by atoms with Crippen LogP contribution in [0.1, 0.15) is 30.6 Å². The first-order chi connectivity index (χ1) is 8.93. The Labute approximate surface area is 110 Å². The van der Waals surface area contributed by atoms with Crippen LogP contribution in [0.5, 0.6) is 0 Å². The van der Waals surface area contributed by atoms with E-state index in [1.807, 2.05) is 13.8 Å². The molecule has 0 aliphatic rings. The Morgan fingerprint density at radius 3 is 2.63 bits per heavy atom. The fraction of sp³-hybridized carbons (Fsp3) is 0.385. The summed E-state index contributed by atoms with van der Waals surface area (Å²) in [5.74, 6) is -2.35. The number of benzene rings is 1. The number of anilines is 1. The van der Waals surface area contributed by atoms with E-state index in [1.165, 1.54) is 12.1 Å². The number of nitrogens with one attached hydrogen (secondary N) is 2. The van der Waals surface area contributed by atoms with Crippen LogP contribution in [0.25, 0.3) is 0 Å². The molecule has 0 bridgehead atoms. The maximum absolute atomic E-state index is 13.5. The van der Waals surface area contributed by atoms with Gasteiger partial charge >= 0.3 is 5.97 Å². The molecule has 0 saturated heterocycles. The normalized spacial score (nSPS) is 11.9. The summed E-state index contributed by atoms with van der Waals surface area (Å²) in [5.41, 5.74) is -0.186. The zero-order valence-corrected chi connectivity index (χ0v) is 10.9. The zero-order valence-electron chi connectivity index (χ0n) is 10.9. The van der Waals surface area contributed by atoms with Crippen molar-refractivity contribution in [2.45, 2.75) is 26.3 Å². The Kier molecular flexibility index (Phi) is 5.44. The van der Waals surface area contributed by atoms with Crippen molar-refractivity contribution >= 4 is 17.6 Å². The van der Waals surface area contributed by atoms with Crippen molar-refractivity contribution in [2.24, 2.45) is 0 Å². The molecular weight excluding hydrogens is 251 g/mol. The van der Waals surface area contributed by atoms with Crippen LogP contribution < -0.4 is 10.6 Å². The summed E-state index contributed by atoms with van der Waals surface area (Å²) in [6, 6.07) is 3.55. The van der Waals surface area contributed by atoms with E-state index in [4.69, 9.17) is 5.11 Å². The molecule has 0 aliphatic carbocycles. The maximum atomic E-state index is 13.5. The highest BCUT2D eigenvalue weighted by atomic mass is 19.1. The number of carbonyl (C=O) groups is 2. The monoisotopic (exact) mass is 268 g/mol. The molecule has 1 aromatic carbocycles. The number of hydrogen-bond acceptors (Lipinski definition) is 3. The molecule has 0 aliphatic heterocycles. The van der Waals surface area contributed by atoms with Gasteiger partial charge in [0.25, 0.3) is 0 Å². The van der Waals surface area contributed by atoms with E-state index in [1.54, 1.807) is 0 Å². The average Bonchev–Trinajstić information content (AvgIpc) is 2.38. The van der Waals surface area contributed by atoms with E-state index < -0.39 is 11.8 Å². The molecule has 0 heterocycles. The van der Waals surface area contributed by atoms with Crippen LogP contribution in [-0.2, 0) is 4.79 Å². The molecule has 0 saturated carbocycles. The molecule has 6 heteroatoms. The molecule has 1 aromatic rings. The van der Waals surface area contributed by atoms with Crippen molar-refractivity contribution < 1.29 is 19.1 Å². The number of rotatable bonds is 6. The van der Waals surface area contributed by atoms with Crippen molar-refractivity contribution in [3.05, 3.63) is 29.6 Å². The number of hydrogen-bond donors (Lipinski definition) is 3. The lowest BCUT2D eigenvalue weighted by molar-refractivity contribution is -0.115. The number of aromatic carboxylic acids is 1. The minimum atomic E-state index is -1.21. The Bertz CT molecular complexity index is 477. The van der Waals surface area contributed by atoms with Crippen LogP contribution in [0.2, 0.25) is 0 Å². The standard InChI is InChI=1S/C13H17FN2O3/c1-3-8(2)15-7-12(17)16-11-5-4-9(13(18)19)6-10(11)14/h4-6,8,15H,3,7H2,1-2H3,(H,16,17)(H,18,19). The first kappa shape index (κ1) is 15.1. The van der Waals surface area contributed by atoms with E-state index >= 15 is 0 Å². The fourth-order valence-corrected chi connectivity index (χ4v) is 1.36. The third-order valence-electron chi connectivity index (χ3n) is 2.71. The van der Waals surface area contributed by atoms with E-state index in [2.05, 4.69) is 10.6 Å². The molecule has 0 spiro atoms. The SMILES string of the molecule is CCC(C)NCC(=O)Nc1ccc(C(=O)O)cc1F. The molecule has 3 N–H and O–H groups in total. The summed E-state index contributed by atoms with van der Waals surface area (Å²) >= 11 is 0. The fourth-order valence-electron chi connectivity index (χ4n) is 1.36. The molecule has 5 nitrogen and oxygen atoms in total. The molecule has 0 aromatic heterocycles. The molecule has 1 amide bonds. The predicted molar refractivity (Wildman–Crippen MR) is 69.7 cm³/mol. The van der Waals surface area contributed by atoms with E-state index in [0.29, 0.717) is 0 Å². The summed E-state index contributed by atoms with van der Waals surface area (Å²) in [6.45, 7) is 4.00. The number of carbonyl (C=O) groups excluding carboxylic acids is 1. The quantitative estimate of drug-likeness (QED) is 0.735. The van der Waals surface area contributed by atoms with E-state index in [0.717, 1.165) is 12.5 Å². The van der Waals surface area contributed by atoms with E-state index in [9.17, 15) is 14.0 Å². The second-order valence-electron chi connectivity index (χ2n) is 4.24. The van der Waals surface area contributed by atoms with Crippen LogP contribution in [0.4, 0.5) is 10.1 Å². The smallest absolute Gasteiger partial charge is 0.335 e. The summed E-state index contributed by atoms with van der Waals surface area (Å²) in [5, 5.41) is 14.0. The number of carboxylic acid groups (broad SMARTS) is 1. The van der Waals surface area contributed by atoms with Crippen molar-refractivity contribution in [3.8, 4) is 0 Å². The highest BCUT2D eigenvalue weighted by Crippen LogP contribution is 2.15. The van der Waals surface area contributed by atoms with Gasteiger partial charge in [0, 0.05) is 6.04 Å². The number of halogens is 1. The molecule has 0 radical (unpaired) electrons. The lowest BCUT2D eigenvalue weighted by Gasteiger charge is -2.11. The molecule has 1 atom stereocenters. The Hall–Kier alpha value is -1.95. The first-order valence-corrected chi connectivity index (χ1v) is 6.00. The van der Waals surface area contributed by atoms with Gasteiger partial charge in [-0.3, -0.25) is 4.79 Å². The van der Waals surface area contributed by atoms with Crippen molar-refractivity contribution in [2.75, 3.05) is 11.9 Å². The highest BCUT2D eigenvalue weighted by molar-refractivity contribution is 5.93. The Balaban J connectivity index is 2.62. The lowest BCUT2D eigenvalue weighted by Crippen LogP contribution is -2.34. The van der Waals surface area contributed by atoms with Gasteiger partial charge in [-0.15, -0.1) is 0 Å². The number of amides is 1. The minimum Gasteiger partial charge on any atom is -0.478 e. The summed E-state index contributed by atoms with van der Waals surface area (Å²) < 4.78 is 13.5. The van der Waals surface area contributed by atoms with Crippen LogP contribution in [0.15, 0.2) is 18.2 Å². The maximum Gasteiger partial charge on any atom is 0.335 e. The molecule has 0 fully saturated rings. The largest absolute Gasteiger partial charge is 0.478 e.